The zero-order chi connectivity index (χ0) is 16.9. The Morgan fingerprint density at radius 3 is 2.50 bits per heavy atom. The summed E-state index contributed by atoms with van der Waals surface area (Å²) in [5, 5.41) is 0. The molecule has 0 heterocycles. The number of amides is 1. The van der Waals surface area contributed by atoms with E-state index in [9.17, 15) is 9.18 Å². The first-order chi connectivity index (χ1) is 11.7. The Bertz CT molecular complexity index is 695. The van der Waals surface area contributed by atoms with Gasteiger partial charge in [0.1, 0.15) is 11.6 Å². The van der Waals surface area contributed by atoms with Gasteiger partial charge in [-0.05, 0) is 43.5 Å². The van der Waals surface area contributed by atoms with Gasteiger partial charge in [-0.1, -0.05) is 30.3 Å². The molecule has 0 spiro atoms. The quantitative estimate of drug-likeness (QED) is 0.770. The van der Waals surface area contributed by atoms with Gasteiger partial charge in [0, 0.05) is 18.2 Å². The van der Waals surface area contributed by atoms with Crippen LogP contribution >= 0.6 is 0 Å². The van der Waals surface area contributed by atoms with Crippen molar-refractivity contribution in [3.05, 3.63) is 65.5 Å². The van der Waals surface area contributed by atoms with E-state index < -0.39 is 0 Å². The minimum absolute atomic E-state index is 0.0462. The molecule has 0 N–H and O–H groups in total. The summed E-state index contributed by atoms with van der Waals surface area (Å²) in [6.07, 6.45) is 2.34. The molecule has 2 aromatic rings. The predicted molar refractivity (Wildman–Crippen MR) is 91.3 cm³/mol. The van der Waals surface area contributed by atoms with Crippen molar-refractivity contribution >= 4 is 5.91 Å². The van der Waals surface area contributed by atoms with Gasteiger partial charge in [-0.3, -0.25) is 4.79 Å². The van der Waals surface area contributed by atoms with Crippen LogP contribution in [-0.4, -0.2) is 23.5 Å². The summed E-state index contributed by atoms with van der Waals surface area (Å²) < 4.78 is 19.3. The van der Waals surface area contributed by atoms with Crippen LogP contribution in [0.15, 0.2) is 48.5 Å². The molecule has 126 valence electrons. The second kappa shape index (κ2) is 7.47. The van der Waals surface area contributed by atoms with Gasteiger partial charge < -0.3 is 9.64 Å². The second-order valence-corrected chi connectivity index (χ2v) is 6.10. The Balaban J connectivity index is 1.67. The molecule has 3 rings (SSSR count). The minimum atomic E-state index is -0.253. The third kappa shape index (κ3) is 4.13. The summed E-state index contributed by atoms with van der Waals surface area (Å²) in [4.78, 5) is 14.5. The van der Waals surface area contributed by atoms with Gasteiger partial charge in [-0.2, -0.15) is 0 Å². The Morgan fingerprint density at radius 1 is 1.17 bits per heavy atom. The van der Waals surface area contributed by atoms with Crippen molar-refractivity contribution in [1.82, 2.24) is 4.90 Å². The van der Waals surface area contributed by atoms with Crippen LogP contribution in [0.5, 0.6) is 5.75 Å². The number of carbonyl (C=O) groups excluding carboxylic acids is 1. The normalized spacial score (nSPS) is 13.6. The zero-order valence-electron chi connectivity index (χ0n) is 13.9. The van der Waals surface area contributed by atoms with E-state index in [1.807, 2.05) is 36.1 Å². The largest absolute Gasteiger partial charge is 0.494 e. The Labute approximate surface area is 142 Å². The van der Waals surface area contributed by atoms with Gasteiger partial charge >= 0.3 is 0 Å². The summed E-state index contributed by atoms with van der Waals surface area (Å²) >= 11 is 0. The lowest BCUT2D eigenvalue weighted by atomic mass is 10.1. The zero-order valence-corrected chi connectivity index (χ0v) is 13.9. The number of carbonyl (C=O) groups is 1. The van der Waals surface area contributed by atoms with Crippen LogP contribution in [0.2, 0.25) is 0 Å². The van der Waals surface area contributed by atoms with E-state index in [0.717, 1.165) is 24.2 Å². The molecule has 0 radical (unpaired) electrons. The SMILES string of the molecule is CCOc1ccc(CC(=O)N(Cc2ccccc2F)C2CC2)cc1. The van der Waals surface area contributed by atoms with Gasteiger partial charge in [0.15, 0.2) is 0 Å². The predicted octanol–water partition coefficient (Wildman–Crippen LogP) is 3.96. The molecule has 1 saturated carbocycles. The van der Waals surface area contributed by atoms with Crippen molar-refractivity contribution in [3.8, 4) is 5.75 Å². The first-order valence-corrected chi connectivity index (χ1v) is 8.42. The summed E-state index contributed by atoms with van der Waals surface area (Å²) in [6, 6.07) is 14.5. The van der Waals surface area contributed by atoms with Crippen molar-refractivity contribution in [1.29, 1.82) is 0 Å². The van der Waals surface area contributed by atoms with Gasteiger partial charge in [-0.25, -0.2) is 4.39 Å². The Hall–Kier alpha value is -2.36. The van der Waals surface area contributed by atoms with Gasteiger partial charge in [0.2, 0.25) is 5.91 Å². The molecule has 0 aliphatic heterocycles. The van der Waals surface area contributed by atoms with E-state index >= 15 is 0 Å². The topological polar surface area (TPSA) is 29.5 Å². The highest BCUT2D eigenvalue weighted by Crippen LogP contribution is 2.29. The first kappa shape index (κ1) is 16.5. The maximum Gasteiger partial charge on any atom is 0.227 e. The monoisotopic (exact) mass is 327 g/mol. The maximum absolute atomic E-state index is 13.9. The molecule has 0 bridgehead atoms. The second-order valence-electron chi connectivity index (χ2n) is 6.10. The number of ether oxygens (including phenoxy) is 1. The van der Waals surface area contributed by atoms with E-state index in [2.05, 4.69) is 0 Å². The maximum atomic E-state index is 13.9. The van der Waals surface area contributed by atoms with Crippen LogP contribution in [0.1, 0.15) is 30.9 Å². The minimum Gasteiger partial charge on any atom is -0.494 e. The lowest BCUT2D eigenvalue weighted by molar-refractivity contribution is -0.131. The molecule has 0 unspecified atom stereocenters. The van der Waals surface area contributed by atoms with Crippen LogP contribution in [0, 0.1) is 5.82 Å². The number of halogens is 1. The molecule has 3 nitrogen and oxygen atoms in total. The average molecular weight is 327 g/mol. The average Bonchev–Trinajstić information content (AvgIpc) is 3.41. The molecular formula is C20H22FNO2. The van der Waals surface area contributed by atoms with Gasteiger partial charge in [0.25, 0.3) is 0 Å². The number of nitrogens with zero attached hydrogens (tertiary/aromatic N) is 1. The third-order valence-corrected chi connectivity index (χ3v) is 4.20. The lowest BCUT2D eigenvalue weighted by Gasteiger charge is -2.23. The molecular weight excluding hydrogens is 305 g/mol. The van der Waals surface area contributed by atoms with Crippen LogP contribution < -0.4 is 4.74 Å². The van der Waals surface area contributed by atoms with Crippen molar-refractivity contribution in [2.24, 2.45) is 0 Å². The highest BCUT2D eigenvalue weighted by molar-refractivity contribution is 5.79. The molecule has 4 heteroatoms. The molecule has 1 amide bonds. The van der Waals surface area contributed by atoms with E-state index in [4.69, 9.17) is 4.74 Å². The third-order valence-electron chi connectivity index (χ3n) is 4.20. The number of benzene rings is 2. The number of rotatable bonds is 7. The lowest BCUT2D eigenvalue weighted by Crippen LogP contribution is -2.34. The van der Waals surface area contributed by atoms with Crippen molar-refractivity contribution in [2.45, 2.75) is 38.8 Å². The molecule has 0 aromatic heterocycles. The van der Waals surface area contributed by atoms with E-state index in [-0.39, 0.29) is 17.8 Å². The van der Waals surface area contributed by atoms with Gasteiger partial charge in [0.05, 0.1) is 13.0 Å². The van der Waals surface area contributed by atoms with Crippen molar-refractivity contribution in [3.63, 3.8) is 0 Å². The standard InChI is InChI=1S/C20H22FNO2/c1-2-24-18-11-7-15(8-12-18)13-20(23)22(17-9-10-17)14-16-5-3-4-6-19(16)21/h3-8,11-12,17H,2,9-10,13-14H2,1H3. The van der Waals surface area contributed by atoms with Crippen LogP contribution in [0.3, 0.4) is 0 Å². The molecule has 24 heavy (non-hydrogen) atoms. The highest BCUT2D eigenvalue weighted by Gasteiger charge is 2.32. The molecule has 1 fully saturated rings. The van der Waals surface area contributed by atoms with Crippen LogP contribution in [0.4, 0.5) is 4.39 Å². The van der Waals surface area contributed by atoms with E-state index in [1.54, 1.807) is 18.2 Å². The van der Waals surface area contributed by atoms with Gasteiger partial charge in [-0.15, -0.1) is 0 Å². The molecule has 1 aliphatic rings. The summed E-state index contributed by atoms with van der Waals surface area (Å²) in [5.74, 6) is 0.598. The molecule has 0 atom stereocenters. The smallest absolute Gasteiger partial charge is 0.227 e. The fraction of sp³-hybridized carbons (Fsp3) is 0.350. The Kier molecular flexibility index (Phi) is 5.14. The summed E-state index contributed by atoms with van der Waals surface area (Å²) in [6.45, 7) is 2.90. The van der Waals surface area contributed by atoms with Crippen LogP contribution in [-0.2, 0) is 17.8 Å². The van der Waals surface area contributed by atoms with E-state index in [1.165, 1.54) is 6.07 Å². The molecule has 0 saturated heterocycles. The van der Waals surface area contributed by atoms with E-state index in [0.29, 0.717) is 25.1 Å². The molecule has 2 aromatic carbocycles. The van der Waals surface area contributed by atoms with Crippen molar-refractivity contribution in [2.75, 3.05) is 6.61 Å². The van der Waals surface area contributed by atoms with Crippen molar-refractivity contribution < 1.29 is 13.9 Å². The highest BCUT2D eigenvalue weighted by atomic mass is 19.1. The van der Waals surface area contributed by atoms with Crippen LogP contribution in [0.25, 0.3) is 0 Å². The number of hydrogen-bond acceptors (Lipinski definition) is 2. The fourth-order valence-electron chi connectivity index (χ4n) is 2.76. The first-order valence-electron chi connectivity index (χ1n) is 8.42. The Morgan fingerprint density at radius 2 is 1.88 bits per heavy atom. The summed E-state index contributed by atoms with van der Waals surface area (Å²) in [5.41, 5.74) is 1.52. The fourth-order valence-corrected chi connectivity index (χ4v) is 2.76. The number of hydrogen-bond donors (Lipinski definition) is 0. The summed E-state index contributed by atoms with van der Waals surface area (Å²) in [7, 11) is 0. The molecule has 1 aliphatic carbocycles.